The summed E-state index contributed by atoms with van der Waals surface area (Å²) < 4.78 is 25.4. The van der Waals surface area contributed by atoms with Gasteiger partial charge >= 0.3 is 0 Å². The summed E-state index contributed by atoms with van der Waals surface area (Å²) in [6.45, 7) is -0.419. The summed E-state index contributed by atoms with van der Waals surface area (Å²) in [5.41, 5.74) is 5.73. The lowest BCUT2D eigenvalue weighted by molar-refractivity contribution is -0.120. The molecule has 162 valence electrons. The maximum Gasteiger partial charge on any atom is 0.271 e. The fourth-order valence-corrected chi connectivity index (χ4v) is 3.72. The zero-order valence-electron chi connectivity index (χ0n) is 16.8. The van der Waals surface area contributed by atoms with E-state index in [2.05, 4.69) is 21.2 Å². The molecule has 10 nitrogen and oxygen atoms in total. The maximum absolute atomic E-state index is 12.3. The zero-order chi connectivity index (χ0) is 22.6. The fraction of sp³-hybridized carbons (Fsp3) is 0.150. The minimum atomic E-state index is -3.70. The van der Waals surface area contributed by atoms with Gasteiger partial charge in [0.25, 0.3) is 17.7 Å². The first-order valence-corrected chi connectivity index (χ1v) is 10.6. The molecule has 0 aliphatic heterocycles. The van der Waals surface area contributed by atoms with Crippen LogP contribution in [0.15, 0.2) is 59.6 Å². The van der Waals surface area contributed by atoms with Gasteiger partial charge in [-0.1, -0.05) is 24.3 Å². The normalized spacial score (nSPS) is 11.3. The van der Waals surface area contributed by atoms with E-state index in [1.165, 1.54) is 44.6 Å². The van der Waals surface area contributed by atoms with Crippen LogP contribution in [-0.2, 0) is 14.8 Å². The molecule has 0 atom stereocenters. The highest BCUT2D eigenvalue weighted by Crippen LogP contribution is 2.17. The number of aromatic nitrogens is 1. The lowest BCUT2D eigenvalue weighted by Crippen LogP contribution is -2.46. The number of hydrazine groups is 1. The number of rotatable bonds is 6. The summed E-state index contributed by atoms with van der Waals surface area (Å²) in [6, 6.07) is 12.7. The second-order valence-corrected chi connectivity index (χ2v) is 8.90. The Morgan fingerprint density at radius 1 is 0.968 bits per heavy atom. The highest BCUT2D eigenvalue weighted by Gasteiger charge is 2.19. The van der Waals surface area contributed by atoms with Crippen LogP contribution < -0.4 is 16.2 Å². The quantitative estimate of drug-likeness (QED) is 0.413. The molecular formula is C20H21N5O5S. The van der Waals surface area contributed by atoms with E-state index in [1.807, 2.05) is 12.1 Å². The van der Waals surface area contributed by atoms with Crippen molar-refractivity contribution in [3.05, 3.63) is 65.9 Å². The van der Waals surface area contributed by atoms with Gasteiger partial charge in [0.2, 0.25) is 10.0 Å². The average molecular weight is 443 g/mol. The minimum absolute atomic E-state index is 0.0411. The number of benzene rings is 2. The van der Waals surface area contributed by atoms with Crippen molar-refractivity contribution in [2.45, 2.75) is 4.90 Å². The first-order valence-electron chi connectivity index (χ1n) is 9.16. The van der Waals surface area contributed by atoms with E-state index in [4.69, 9.17) is 0 Å². The van der Waals surface area contributed by atoms with Gasteiger partial charge < -0.3 is 10.3 Å². The molecule has 1 heterocycles. The Labute approximate surface area is 178 Å². The number of amides is 3. The smallest absolute Gasteiger partial charge is 0.271 e. The predicted molar refractivity (Wildman–Crippen MR) is 114 cm³/mol. The molecule has 4 N–H and O–H groups in total. The number of carbonyl (C=O) groups is 3. The molecule has 3 amide bonds. The monoisotopic (exact) mass is 443 g/mol. The van der Waals surface area contributed by atoms with Crippen LogP contribution in [0.1, 0.15) is 20.7 Å². The van der Waals surface area contributed by atoms with Gasteiger partial charge in [0.05, 0.1) is 17.0 Å². The topological polar surface area (TPSA) is 140 Å². The van der Waals surface area contributed by atoms with Gasteiger partial charge in [0.1, 0.15) is 0 Å². The van der Waals surface area contributed by atoms with Crippen molar-refractivity contribution >= 4 is 38.6 Å². The molecule has 3 rings (SSSR count). The van der Waals surface area contributed by atoms with E-state index < -0.39 is 34.3 Å². The number of para-hydroxylation sites is 1. The molecule has 0 aliphatic rings. The summed E-state index contributed by atoms with van der Waals surface area (Å²) in [6.07, 6.45) is 1.53. The maximum atomic E-state index is 12.3. The van der Waals surface area contributed by atoms with E-state index in [-0.39, 0.29) is 10.5 Å². The highest BCUT2D eigenvalue weighted by atomic mass is 32.2. The summed E-state index contributed by atoms with van der Waals surface area (Å²) >= 11 is 0. The highest BCUT2D eigenvalue weighted by molar-refractivity contribution is 7.89. The third kappa shape index (κ3) is 4.90. The Balaban J connectivity index is 1.55. The van der Waals surface area contributed by atoms with Crippen molar-refractivity contribution < 1.29 is 22.8 Å². The standard InChI is InChI=1S/C20H21N5O5S/c1-25(2)31(29,30)14-7-5-6-13(10-14)19(27)22-12-18(26)23-24-20(28)16-11-21-17-9-4-3-8-15(16)17/h3-11,21H,12H2,1-2H3,(H,22,27)(H,23,26)(H,24,28). The second-order valence-electron chi connectivity index (χ2n) is 6.75. The van der Waals surface area contributed by atoms with E-state index >= 15 is 0 Å². The molecule has 0 saturated heterocycles. The zero-order valence-corrected chi connectivity index (χ0v) is 17.6. The van der Waals surface area contributed by atoms with Crippen LogP contribution in [-0.4, -0.2) is 56.1 Å². The van der Waals surface area contributed by atoms with E-state index in [9.17, 15) is 22.8 Å². The number of hydrogen-bond acceptors (Lipinski definition) is 5. The molecular weight excluding hydrogens is 422 g/mol. The van der Waals surface area contributed by atoms with Crippen molar-refractivity contribution in [1.29, 1.82) is 0 Å². The Bertz CT molecular complexity index is 1250. The predicted octanol–water partition coefficient (Wildman–Crippen LogP) is 0.609. The van der Waals surface area contributed by atoms with Crippen molar-refractivity contribution in [2.75, 3.05) is 20.6 Å². The summed E-state index contributed by atoms with van der Waals surface area (Å²) in [7, 11) is -0.924. The lowest BCUT2D eigenvalue weighted by atomic mass is 10.2. The second kappa shape index (κ2) is 8.98. The van der Waals surface area contributed by atoms with Crippen LogP contribution in [0, 0.1) is 0 Å². The molecule has 11 heteroatoms. The van der Waals surface area contributed by atoms with Crippen LogP contribution >= 0.6 is 0 Å². The molecule has 0 unspecified atom stereocenters. The molecule has 3 aromatic rings. The molecule has 0 radical (unpaired) electrons. The first kappa shape index (κ1) is 22.0. The van der Waals surface area contributed by atoms with Gasteiger partial charge in [0.15, 0.2) is 0 Å². The molecule has 0 saturated carbocycles. The Hall–Kier alpha value is -3.70. The SMILES string of the molecule is CN(C)S(=O)(=O)c1cccc(C(=O)NCC(=O)NNC(=O)c2c[nH]c3ccccc23)c1. The summed E-state index contributed by atoms with van der Waals surface area (Å²) in [5.74, 6) is -1.80. The third-order valence-corrected chi connectivity index (χ3v) is 6.24. The first-order chi connectivity index (χ1) is 14.7. The molecule has 0 aliphatic carbocycles. The Kier molecular flexibility index (Phi) is 6.37. The molecule has 0 fully saturated rings. The fourth-order valence-electron chi connectivity index (χ4n) is 2.77. The number of aromatic amines is 1. The van der Waals surface area contributed by atoms with Crippen LogP contribution in [0.4, 0.5) is 0 Å². The number of H-pyrrole nitrogens is 1. The van der Waals surface area contributed by atoms with Gasteiger partial charge in [-0.15, -0.1) is 0 Å². The molecule has 31 heavy (non-hydrogen) atoms. The van der Waals surface area contributed by atoms with Crippen molar-refractivity contribution in [2.24, 2.45) is 0 Å². The number of nitrogens with zero attached hydrogens (tertiary/aromatic N) is 1. The minimum Gasteiger partial charge on any atom is -0.360 e. The van der Waals surface area contributed by atoms with Crippen molar-refractivity contribution in [1.82, 2.24) is 25.5 Å². The van der Waals surface area contributed by atoms with Crippen LogP contribution in [0.5, 0.6) is 0 Å². The summed E-state index contributed by atoms with van der Waals surface area (Å²) in [4.78, 5) is 39.5. The van der Waals surface area contributed by atoms with E-state index in [1.54, 1.807) is 12.1 Å². The van der Waals surface area contributed by atoms with E-state index in [0.717, 1.165) is 9.82 Å². The van der Waals surface area contributed by atoms with Crippen LogP contribution in [0.3, 0.4) is 0 Å². The molecule has 0 bridgehead atoms. The third-order valence-electron chi connectivity index (χ3n) is 4.43. The van der Waals surface area contributed by atoms with Crippen LogP contribution in [0.2, 0.25) is 0 Å². The number of fused-ring (bicyclic) bond motifs is 1. The summed E-state index contributed by atoms with van der Waals surface area (Å²) in [5, 5.41) is 3.08. The largest absolute Gasteiger partial charge is 0.360 e. The van der Waals surface area contributed by atoms with Crippen LogP contribution in [0.25, 0.3) is 10.9 Å². The number of sulfonamides is 1. The van der Waals surface area contributed by atoms with E-state index in [0.29, 0.717) is 10.9 Å². The van der Waals surface area contributed by atoms with Crippen molar-refractivity contribution in [3.8, 4) is 0 Å². The lowest BCUT2D eigenvalue weighted by Gasteiger charge is -2.12. The van der Waals surface area contributed by atoms with Gasteiger partial charge in [-0.2, -0.15) is 0 Å². The van der Waals surface area contributed by atoms with Gasteiger partial charge in [-0.05, 0) is 24.3 Å². The van der Waals surface area contributed by atoms with Crippen molar-refractivity contribution in [3.63, 3.8) is 0 Å². The van der Waals surface area contributed by atoms with Gasteiger partial charge in [-0.3, -0.25) is 25.2 Å². The molecule has 2 aromatic carbocycles. The number of carbonyl (C=O) groups excluding carboxylic acids is 3. The Morgan fingerprint density at radius 2 is 1.71 bits per heavy atom. The average Bonchev–Trinajstić information content (AvgIpc) is 3.20. The van der Waals surface area contributed by atoms with Gasteiger partial charge in [-0.25, -0.2) is 12.7 Å². The number of nitrogens with one attached hydrogen (secondary N) is 4. The molecule has 0 spiro atoms. The molecule has 1 aromatic heterocycles. The Morgan fingerprint density at radius 3 is 2.45 bits per heavy atom. The number of hydrogen-bond donors (Lipinski definition) is 4. The van der Waals surface area contributed by atoms with Gasteiger partial charge in [0, 0.05) is 36.8 Å².